The molecule has 0 aliphatic heterocycles. The first-order chi connectivity index (χ1) is 4.43. The van der Waals surface area contributed by atoms with Crippen LogP contribution in [-0.2, 0) is 15.0 Å². The third-order valence-electron chi connectivity index (χ3n) is 1.18. The van der Waals surface area contributed by atoms with E-state index in [0.717, 1.165) is 15.0 Å². The predicted molar refractivity (Wildman–Crippen MR) is 36.9 cm³/mol. The second kappa shape index (κ2) is 3.92. The van der Waals surface area contributed by atoms with Gasteiger partial charge in [0, 0.05) is 0 Å². The summed E-state index contributed by atoms with van der Waals surface area (Å²) < 4.78 is 1.64. The molecule has 0 unspecified atom stereocenters. The van der Waals surface area contributed by atoms with Gasteiger partial charge in [0.05, 0.1) is 0 Å². The van der Waals surface area contributed by atoms with Crippen molar-refractivity contribution < 1.29 is 15.0 Å². The standard InChI is InChI=1S/C5H5.C3H7.Mn/c1-2-4-5-3-1;1-3-2;/h1-3H,4H2;1,3H2,2H3;. The number of allylic oxidation sites excluding steroid dienone is 4. The first kappa shape index (κ1) is 7.11. The average molecular weight is 163 g/mol. The zero-order chi connectivity index (χ0) is 6.53. The molecule has 0 radical (unpaired) electrons. The Balaban J connectivity index is 2.14. The van der Waals surface area contributed by atoms with Crippen molar-refractivity contribution in [3.05, 3.63) is 22.7 Å². The molecule has 0 fully saturated rings. The van der Waals surface area contributed by atoms with Crippen molar-refractivity contribution in [2.45, 2.75) is 25.1 Å². The summed E-state index contributed by atoms with van der Waals surface area (Å²) in [6.45, 7) is 2.25. The summed E-state index contributed by atoms with van der Waals surface area (Å²) in [5.41, 5.74) is 0. The Labute approximate surface area is 63.2 Å². The van der Waals surface area contributed by atoms with E-state index in [0.29, 0.717) is 0 Å². The zero-order valence-corrected chi connectivity index (χ0v) is 6.91. The Morgan fingerprint density at radius 3 is 3.11 bits per heavy atom. The molecule has 1 rings (SSSR count). The summed E-state index contributed by atoms with van der Waals surface area (Å²) in [5, 5.41) is 1.39. The van der Waals surface area contributed by atoms with E-state index in [2.05, 4.69) is 25.2 Å². The Hall–Kier alpha value is -0.000519. The average Bonchev–Trinajstić information content (AvgIpc) is 2.34. The van der Waals surface area contributed by atoms with Gasteiger partial charge in [0.2, 0.25) is 0 Å². The third-order valence-corrected chi connectivity index (χ3v) is 3.04. The van der Waals surface area contributed by atoms with Crippen molar-refractivity contribution in [2.75, 3.05) is 0 Å². The van der Waals surface area contributed by atoms with Crippen LogP contribution >= 0.6 is 0 Å². The molecule has 0 amide bonds. The molecule has 0 aromatic rings. The van der Waals surface area contributed by atoms with E-state index in [9.17, 15) is 0 Å². The maximum atomic E-state index is 2.26. The van der Waals surface area contributed by atoms with Crippen LogP contribution in [0.4, 0.5) is 0 Å². The minimum absolute atomic E-state index is 1.06. The van der Waals surface area contributed by atoms with E-state index in [1.165, 1.54) is 18.2 Å². The zero-order valence-electron chi connectivity index (χ0n) is 5.73. The van der Waals surface area contributed by atoms with Crippen LogP contribution < -0.4 is 0 Å². The van der Waals surface area contributed by atoms with E-state index in [1.807, 2.05) is 0 Å². The van der Waals surface area contributed by atoms with Gasteiger partial charge in [-0.2, -0.15) is 0 Å². The van der Waals surface area contributed by atoms with Gasteiger partial charge >= 0.3 is 62.7 Å². The molecule has 0 aromatic heterocycles. The van der Waals surface area contributed by atoms with Crippen molar-refractivity contribution in [1.82, 2.24) is 0 Å². The third kappa shape index (κ3) is 2.38. The van der Waals surface area contributed by atoms with E-state index in [4.69, 9.17) is 0 Å². The molecule has 0 aromatic carbocycles. The molecule has 1 aliphatic rings. The molecule has 1 aliphatic carbocycles. The Morgan fingerprint density at radius 2 is 2.56 bits per heavy atom. The van der Waals surface area contributed by atoms with Gasteiger partial charge in [-0.1, -0.05) is 0 Å². The van der Waals surface area contributed by atoms with Crippen molar-refractivity contribution in [3.63, 3.8) is 0 Å². The molecule has 0 saturated heterocycles. The molecule has 0 heterocycles. The van der Waals surface area contributed by atoms with Gasteiger partial charge in [0.15, 0.2) is 0 Å². The van der Waals surface area contributed by atoms with E-state index < -0.39 is 0 Å². The summed E-state index contributed by atoms with van der Waals surface area (Å²) in [5.74, 6) is 0. The van der Waals surface area contributed by atoms with E-state index in [-0.39, 0.29) is 0 Å². The van der Waals surface area contributed by atoms with Crippen LogP contribution in [0.5, 0.6) is 0 Å². The van der Waals surface area contributed by atoms with Gasteiger partial charge in [-0.05, 0) is 0 Å². The van der Waals surface area contributed by atoms with E-state index >= 15 is 0 Å². The fraction of sp³-hybridized carbons (Fsp3) is 0.500. The molecule has 51 valence electrons. The summed E-state index contributed by atoms with van der Waals surface area (Å²) in [7, 11) is 0. The van der Waals surface area contributed by atoms with Gasteiger partial charge in [0.25, 0.3) is 0 Å². The second-order valence-electron chi connectivity index (χ2n) is 2.07. The summed E-state index contributed by atoms with van der Waals surface area (Å²) in [6, 6.07) is 0. The van der Waals surface area contributed by atoms with Gasteiger partial charge in [-0.3, -0.25) is 0 Å². The minimum atomic E-state index is 1.06. The van der Waals surface area contributed by atoms with Crippen LogP contribution in [0.3, 0.4) is 0 Å². The predicted octanol–water partition coefficient (Wildman–Crippen LogP) is 2.74. The van der Waals surface area contributed by atoms with Crippen molar-refractivity contribution in [1.29, 1.82) is 0 Å². The fourth-order valence-electron chi connectivity index (χ4n) is 0.736. The van der Waals surface area contributed by atoms with Crippen LogP contribution in [0, 0.1) is 0 Å². The van der Waals surface area contributed by atoms with Gasteiger partial charge in [-0.25, -0.2) is 0 Å². The molecule has 0 atom stereocenters. The van der Waals surface area contributed by atoms with Crippen molar-refractivity contribution in [2.24, 2.45) is 0 Å². The number of hydrogen-bond acceptors (Lipinski definition) is 0. The molecule has 0 N–H and O–H groups in total. The topological polar surface area (TPSA) is 0 Å². The maximum absolute atomic E-state index is 2.26. The van der Waals surface area contributed by atoms with Crippen molar-refractivity contribution in [3.8, 4) is 0 Å². The Kier molecular flexibility index (Phi) is 3.10. The monoisotopic (exact) mass is 163 g/mol. The van der Waals surface area contributed by atoms with E-state index in [1.54, 1.807) is 4.47 Å². The van der Waals surface area contributed by atoms with Crippen molar-refractivity contribution >= 4 is 0 Å². The molecule has 0 bridgehead atoms. The van der Waals surface area contributed by atoms with Gasteiger partial charge < -0.3 is 0 Å². The fourth-order valence-corrected chi connectivity index (χ4v) is 1.97. The SMILES string of the molecule is CC[CH2][Mn][C]1=CC=CC1. The number of hydrogen-bond donors (Lipinski definition) is 0. The summed E-state index contributed by atoms with van der Waals surface area (Å²) in [6.07, 6.45) is 9.21. The van der Waals surface area contributed by atoms with Crippen LogP contribution in [0.2, 0.25) is 5.32 Å². The summed E-state index contributed by atoms with van der Waals surface area (Å²) >= 11 is 1.06. The van der Waals surface area contributed by atoms with Crippen LogP contribution in [-0.4, -0.2) is 0 Å². The number of rotatable bonds is 3. The normalized spacial score (nSPS) is 16.3. The van der Waals surface area contributed by atoms with Gasteiger partial charge in [-0.15, -0.1) is 0 Å². The van der Waals surface area contributed by atoms with Crippen LogP contribution in [0.1, 0.15) is 19.8 Å². The quantitative estimate of drug-likeness (QED) is 0.561. The summed E-state index contributed by atoms with van der Waals surface area (Å²) in [4.78, 5) is 0. The molecule has 1 heteroatoms. The first-order valence-corrected chi connectivity index (χ1v) is 4.81. The molecule has 9 heavy (non-hydrogen) atoms. The Morgan fingerprint density at radius 1 is 1.67 bits per heavy atom. The molecule has 0 nitrogen and oxygen atoms in total. The second-order valence-corrected chi connectivity index (χ2v) is 3.83. The van der Waals surface area contributed by atoms with Crippen LogP contribution in [0.25, 0.3) is 0 Å². The molecule has 0 saturated carbocycles. The molecule has 0 spiro atoms. The first-order valence-electron chi connectivity index (χ1n) is 3.38. The molecular formula is C8H12Mn. The van der Waals surface area contributed by atoms with Gasteiger partial charge in [0.1, 0.15) is 0 Å². The van der Waals surface area contributed by atoms with Crippen LogP contribution in [0.15, 0.2) is 22.7 Å². The Bertz CT molecular complexity index is 134. The molecular weight excluding hydrogens is 151 g/mol.